The molecule has 0 aliphatic heterocycles. The summed E-state index contributed by atoms with van der Waals surface area (Å²) < 4.78 is 26.4. The summed E-state index contributed by atoms with van der Waals surface area (Å²) in [6.07, 6.45) is 0.912. The molecule has 1 heterocycles. The Kier molecular flexibility index (Phi) is 7.40. The number of amides is 4. The fourth-order valence-corrected chi connectivity index (χ4v) is 4.26. The molecule has 0 spiro atoms. The van der Waals surface area contributed by atoms with E-state index in [9.17, 15) is 18.0 Å². The molecule has 0 aliphatic rings. The first-order valence-electron chi connectivity index (χ1n) is 11.9. The second-order valence-electron chi connectivity index (χ2n) is 9.90. The van der Waals surface area contributed by atoms with Crippen molar-refractivity contribution < 1.29 is 18.0 Å². The van der Waals surface area contributed by atoms with Crippen LogP contribution in [0.2, 0.25) is 0 Å². The highest BCUT2D eigenvalue weighted by atomic mass is 32.2. The number of benzene rings is 3. The Labute approximate surface area is 221 Å². The molecule has 10 nitrogen and oxygen atoms in total. The highest BCUT2D eigenvalue weighted by molar-refractivity contribution is 7.89. The van der Waals surface area contributed by atoms with Crippen molar-refractivity contribution in [3.63, 3.8) is 0 Å². The van der Waals surface area contributed by atoms with E-state index in [0.717, 1.165) is 28.3 Å². The molecule has 38 heavy (non-hydrogen) atoms. The third kappa shape index (κ3) is 6.68. The average molecular weight is 535 g/mol. The normalized spacial score (nSPS) is 11.7. The van der Waals surface area contributed by atoms with Crippen LogP contribution in [-0.2, 0) is 22.0 Å². The highest BCUT2D eigenvalue weighted by Crippen LogP contribution is 2.29. The van der Waals surface area contributed by atoms with Crippen LogP contribution in [-0.4, -0.2) is 36.5 Å². The molecule has 0 bridgehead atoms. The smallest absolute Gasteiger partial charge is 0.328 e. The molecule has 0 saturated carbocycles. The number of carbonyl (C=O) groups is 2. The Morgan fingerprint density at radius 2 is 1.58 bits per heavy atom. The molecule has 0 atom stereocenters. The molecule has 4 aromatic rings. The maximum atomic E-state index is 12.8. The van der Waals surface area contributed by atoms with Gasteiger partial charge in [0.25, 0.3) is 0 Å². The standard InChI is InChI=1S/C27H30N6O4S/c1-27(2,3)23-16-24(30-26(35)29-20-11-6-5-7-12-20)33(31-23)21-14-18-10-8-9-13-22(18)19(15-21)17-28-25(34)32-38(4,36)37/h5-16H,17H2,1-4H3,(H2,28,32,34)(H2,29,30,35). The van der Waals surface area contributed by atoms with Crippen LogP contribution in [0, 0.1) is 0 Å². The number of hydrogen-bond acceptors (Lipinski definition) is 5. The monoisotopic (exact) mass is 534 g/mol. The van der Waals surface area contributed by atoms with Gasteiger partial charge in [0.2, 0.25) is 10.0 Å². The Morgan fingerprint density at radius 1 is 0.895 bits per heavy atom. The minimum absolute atomic E-state index is 0.0698. The van der Waals surface area contributed by atoms with Crippen LogP contribution >= 0.6 is 0 Å². The summed E-state index contributed by atoms with van der Waals surface area (Å²) in [6, 6.07) is 21.1. The summed E-state index contributed by atoms with van der Waals surface area (Å²) in [4.78, 5) is 24.9. The number of fused-ring (bicyclic) bond motifs is 1. The molecule has 11 heteroatoms. The van der Waals surface area contributed by atoms with Crippen molar-refractivity contribution in [1.29, 1.82) is 0 Å². The van der Waals surface area contributed by atoms with Gasteiger partial charge in [0.05, 0.1) is 17.6 Å². The molecule has 4 rings (SSSR count). The van der Waals surface area contributed by atoms with Crippen molar-refractivity contribution in [2.75, 3.05) is 16.9 Å². The van der Waals surface area contributed by atoms with E-state index in [-0.39, 0.29) is 12.0 Å². The lowest BCUT2D eigenvalue weighted by atomic mass is 9.92. The van der Waals surface area contributed by atoms with Crippen molar-refractivity contribution in [3.8, 4) is 5.69 Å². The summed E-state index contributed by atoms with van der Waals surface area (Å²) in [7, 11) is -3.69. The summed E-state index contributed by atoms with van der Waals surface area (Å²) in [5.41, 5.74) is 2.54. The molecule has 1 aromatic heterocycles. The molecule has 0 aliphatic carbocycles. The van der Waals surface area contributed by atoms with Crippen LogP contribution in [0.4, 0.5) is 21.1 Å². The zero-order valence-electron chi connectivity index (χ0n) is 21.6. The van der Waals surface area contributed by atoms with Crippen molar-refractivity contribution in [2.45, 2.75) is 32.7 Å². The summed E-state index contributed by atoms with van der Waals surface area (Å²) >= 11 is 0. The molecular weight excluding hydrogens is 504 g/mol. The number of aromatic nitrogens is 2. The summed E-state index contributed by atoms with van der Waals surface area (Å²) in [5, 5.41) is 14.9. The molecule has 3 aromatic carbocycles. The van der Waals surface area contributed by atoms with Gasteiger partial charge in [-0.05, 0) is 40.6 Å². The Balaban J connectivity index is 1.72. The van der Waals surface area contributed by atoms with E-state index < -0.39 is 22.1 Å². The fraction of sp³-hybridized carbons (Fsp3) is 0.222. The van der Waals surface area contributed by atoms with E-state index in [1.165, 1.54) is 0 Å². The van der Waals surface area contributed by atoms with Gasteiger partial charge >= 0.3 is 12.1 Å². The van der Waals surface area contributed by atoms with Gasteiger partial charge in [0.15, 0.2) is 0 Å². The Bertz CT molecular complexity index is 1590. The Hall–Kier alpha value is -4.38. The van der Waals surface area contributed by atoms with Crippen LogP contribution in [0.15, 0.2) is 72.8 Å². The van der Waals surface area contributed by atoms with E-state index >= 15 is 0 Å². The number of sulfonamides is 1. The number of hydrogen-bond donors (Lipinski definition) is 4. The molecule has 4 amide bonds. The van der Waals surface area contributed by atoms with Crippen LogP contribution in [0.5, 0.6) is 0 Å². The Morgan fingerprint density at radius 3 is 2.26 bits per heavy atom. The number of urea groups is 2. The summed E-state index contributed by atoms with van der Waals surface area (Å²) in [5.74, 6) is 0.465. The van der Waals surface area contributed by atoms with E-state index in [1.54, 1.807) is 16.8 Å². The molecule has 198 valence electrons. The number of anilines is 2. The molecule has 0 unspecified atom stereocenters. The minimum Gasteiger partial charge on any atom is -0.333 e. The first-order chi connectivity index (χ1) is 17.9. The molecule has 0 fully saturated rings. The number of para-hydroxylation sites is 1. The predicted octanol–water partition coefficient (Wildman–Crippen LogP) is 4.73. The lowest BCUT2D eigenvalue weighted by Gasteiger charge is -2.15. The van der Waals surface area contributed by atoms with Gasteiger partial charge in [0, 0.05) is 23.7 Å². The van der Waals surface area contributed by atoms with Gasteiger partial charge in [-0.1, -0.05) is 63.2 Å². The van der Waals surface area contributed by atoms with Gasteiger partial charge in [-0.15, -0.1) is 0 Å². The van der Waals surface area contributed by atoms with Crippen molar-refractivity contribution in [1.82, 2.24) is 19.8 Å². The lowest BCUT2D eigenvalue weighted by Crippen LogP contribution is -2.38. The molecular formula is C27H30N6O4S. The van der Waals surface area contributed by atoms with Gasteiger partial charge < -0.3 is 10.6 Å². The van der Waals surface area contributed by atoms with Gasteiger partial charge in [0.1, 0.15) is 5.82 Å². The second kappa shape index (κ2) is 10.5. The second-order valence-corrected chi connectivity index (χ2v) is 11.7. The van der Waals surface area contributed by atoms with Crippen LogP contribution in [0.1, 0.15) is 32.0 Å². The number of nitrogens with zero attached hydrogens (tertiary/aromatic N) is 2. The van der Waals surface area contributed by atoms with Crippen molar-refractivity contribution >= 4 is 44.4 Å². The van der Waals surface area contributed by atoms with E-state index in [1.807, 2.05) is 86.2 Å². The van der Waals surface area contributed by atoms with Crippen LogP contribution in [0.25, 0.3) is 16.5 Å². The third-order valence-corrected chi connectivity index (χ3v) is 6.20. The zero-order chi connectivity index (χ0) is 27.5. The minimum atomic E-state index is -3.69. The number of rotatable bonds is 6. The molecule has 0 saturated heterocycles. The topological polar surface area (TPSA) is 134 Å². The van der Waals surface area contributed by atoms with Gasteiger partial charge in [-0.2, -0.15) is 5.10 Å². The van der Waals surface area contributed by atoms with E-state index in [0.29, 0.717) is 17.2 Å². The number of carbonyl (C=O) groups excluding carboxylic acids is 2. The lowest BCUT2D eigenvalue weighted by molar-refractivity contribution is 0.245. The van der Waals surface area contributed by atoms with E-state index in [2.05, 4.69) is 16.0 Å². The maximum Gasteiger partial charge on any atom is 0.328 e. The van der Waals surface area contributed by atoms with Gasteiger partial charge in [-0.3, -0.25) is 5.32 Å². The van der Waals surface area contributed by atoms with Crippen LogP contribution < -0.4 is 20.7 Å². The van der Waals surface area contributed by atoms with E-state index in [4.69, 9.17) is 5.10 Å². The number of nitrogens with one attached hydrogen (secondary N) is 4. The van der Waals surface area contributed by atoms with Gasteiger partial charge in [-0.25, -0.2) is 27.4 Å². The van der Waals surface area contributed by atoms with Crippen molar-refractivity contribution in [3.05, 3.63) is 84.1 Å². The first kappa shape index (κ1) is 26.7. The molecule has 0 radical (unpaired) electrons. The molecule has 4 N–H and O–H groups in total. The first-order valence-corrected chi connectivity index (χ1v) is 13.8. The zero-order valence-corrected chi connectivity index (χ0v) is 22.4. The largest absolute Gasteiger partial charge is 0.333 e. The highest BCUT2D eigenvalue weighted by Gasteiger charge is 2.22. The fourth-order valence-electron chi connectivity index (χ4n) is 3.85. The predicted molar refractivity (Wildman–Crippen MR) is 149 cm³/mol. The van der Waals surface area contributed by atoms with Crippen LogP contribution in [0.3, 0.4) is 0 Å². The average Bonchev–Trinajstić information content (AvgIpc) is 3.26. The van der Waals surface area contributed by atoms with Crippen molar-refractivity contribution in [2.24, 2.45) is 0 Å². The third-order valence-electron chi connectivity index (χ3n) is 5.65. The quantitative estimate of drug-likeness (QED) is 0.284. The SMILES string of the molecule is CC(C)(C)c1cc(NC(=O)Nc2ccccc2)n(-c2cc(CNC(=O)NS(C)(=O)=O)c3ccccc3c2)n1. The summed E-state index contributed by atoms with van der Waals surface area (Å²) in [6.45, 7) is 6.16. The maximum absolute atomic E-state index is 12.8.